The molecule has 2 N–H and O–H groups in total. The van der Waals surface area contributed by atoms with E-state index < -0.39 is 5.82 Å². The van der Waals surface area contributed by atoms with E-state index in [1.54, 1.807) is 12.1 Å². The third-order valence-electron chi connectivity index (χ3n) is 6.48. The predicted octanol–water partition coefficient (Wildman–Crippen LogP) is 4.86. The van der Waals surface area contributed by atoms with Crippen molar-refractivity contribution in [1.29, 1.82) is 0 Å². The summed E-state index contributed by atoms with van der Waals surface area (Å²) < 4.78 is 19.9. The van der Waals surface area contributed by atoms with Crippen LogP contribution in [0, 0.1) is 12.7 Å². The van der Waals surface area contributed by atoms with Crippen LogP contribution in [0.4, 0.5) is 15.8 Å². The Bertz CT molecular complexity index is 1180. The topological polar surface area (TPSA) is 89.5 Å². The lowest BCUT2D eigenvalue weighted by atomic mass is 9.90. The minimum absolute atomic E-state index is 0.239. The Labute approximate surface area is 206 Å². The lowest BCUT2D eigenvalue weighted by Gasteiger charge is -2.32. The highest BCUT2D eigenvalue weighted by Gasteiger charge is 2.26. The Kier molecular flexibility index (Phi) is 8.02. The number of nitrogens with zero attached hydrogens (tertiary/aromatic N) is 5. The first-order valence-corrected chi connectivity index (χ1v) is 12.2. The molecule has 0 amide bonds. The average Bonchev–Trinajstić information content (AvgIpc) is 2.86. The van der Waals surface area contributed by atoms with Gasteiger partial charge in [0.25, 0.3) is 0 Å². The van der Waals surface area contributed by atoms with Gasteiger partial charge in [0.15, 0.2) is 5.82 Å². The van der Waals surface area contributed by atoms with E-state index in [4.69, 9.17) is 10.5 Å². The summed E-state index contributed by atoms with van der Waals surface area (Å²) in [5, 5.41) is 8.86. The first kappa shape index (κ1) is 24.7. The average molecular weight is 477 g/mol. The number of piperidine rings is 1. The molecule has 0 atom stereocenters. The highest BCUT2D eigenvalue weighted by atomic mass is 19.1. The van der Waals surface area contributed by atoms with Crippen LogP contribution in [-0.4, -0.2) is 52.0 Å². The molecule has 1 aromatic carbocycles. The SMILES string of the molecule is CCOc1ccc(N=C(C)c2c(C)nnc(C3CCN(CCc4ccccn4)CC3)c2N)c(F)c1. The van der Waals surface area contributed by atoms with Gasteiger partial charge in [-0.3, -0.25) is 4.98 Å². The number of pyridine rings is 1. The number of nitrogens with two attached hydrogens (primary N) is 1. The Morgan fingerprint density at radius 3 is 2.69 bits per heavy atom. The standard InChI is InChI=1S/C27H33FN6O/c1-4-35-22-8-9-24(23(28)17-22)31-18(2)25-19(3)32-33-27(26(25)29)20-10-14-34(15-11-20)16-12-21-7-5-6-13-30-21/h5-9,13,17,20H,4,10-12,14-16H2,1-3H3,(H2,29,32). The van der Waals surface area contributed by atoms with E-state index in [9.17, 15) is 4.39 Å². The van der Waals surface area contributed by atoms with E-state index >= 15 is 0 Å². The third kappa shape index (κ3) is 6.00. The summed E-state index contributed by atoms with van der Waals surface area (Å²) in [7, 11) is 0. The summed E-state index contributed by atoms with van der Waals surface area (Å²) >= 11 is 0. The fourth-order valence-corrected chi connectivity index (χ4v) is 4.63. The van der Waals surface area contributed by atoms with Crippen molar-refractivity contribution >= 4 is 17.1 Å². The van der Waals surface area contributed by atoms with E-state index in [0.29, 0.717) is 29.4 Å². The Morgan fingerprint density at radius 1 is 1.20 bits per heavy atom. The molecule has 0 aliphatic carbocycles. The van der Waals surface area contributed by atoms with Crippen molar-refractivity contribution < 1.29 is 9.13 Å². The Hall–Kier alpha value is -3.39. The van der Waals surface area contributed by atoms with Crippen LogP contribution in [0.5, 0.6) is 5.75 Å². The van der Waals surface area contributed by atoms with Crippen LogP contribution in [-0.2, 0) is 6.42 Å². The number of hydrogen-bond donors (Lipinski definition) is 1. The van der Waals surface area contributed by atoms with Crippen molar-refractivity contribution in [2.75, 3.05) is 32.0 Å². The van der Waals surface area contributed by atoms with Crippen LogP contribution in [0.2, 0.25) is 0 Å². The molecular formula is C27H33FN6O. The molecule has 1 saturated heterocycles. The summed E-state index contributed by atoms with van der Waals surface area (Å²) in [6.07, 6.45) is 4.72. The molecule has 0 spiro atoms. The molecule has 3 aromatic rings. The van der Waals surface area contributed by atoms with Crippen LogP contribution >= 0.6 is 0 Å². The maximum absolute atomic E-state index is 14.6. The zero-order chi connectivity index (χ0) is 24.8. The second-order valence-corrected chi connectivity index (χ2v) is 8.89. The van der Waals surface area contributed by atoms with Gasteiger partial charge in [0.05, 0.1) is 29.4 Å². The van der Waals surface area contributed by atoms with Gasteiger partial charge in [0.1, 0.15) is 5.75 Å². The molecule has 4 rings (SSSR count). The second-order valence-electron chi connectivity index (χ2n) is 8.89. The molecular weight excluding hydrogens is 443 g/mol. The van der Waals surface area contributed by atoms with E-state index in [1.165, 1.54) is 6.07 Å². The number of rotatable bonds is 8. The van der Waals surface area contributed by atoms with Crippen LogP contribution in [0.15, 0.2) is 47.6 Å². The predicted molar refractivity (Wildman–Crippen MR) is 137 cm³/mol. The molecule has 184 valence electrons. The number of benzene rings is 1. The third-order valence-corrected chi connectivity index (χ3v) is 6.48. The number of anilines is 1. The molecule has 1 aliphatic rings. The van der Waals surface area contributed by atoms with Gasteiger partial charge in [0.2, 0.25) is 0 Å². The molecule has 1 fully saturated rings. The second kappa shape index (κ2) is 11.4. The number of halogens is 1. The minimum Gasteiger partial charge on any atom is -0.494 e. The number of likely N-dealkylation sites (tertiary alicyclic amines) is 1. The fourth-order valence-electron chi connectivity index (χ4n) is 4.63. The number of ether oxygens (including phenoxy) is 1. The Balaban J connectivity index is 1.47. The van der Waals surface area contributed by atoms with Crippen molar-refractivity contribution in [1.82, 2.24) is 20.1 Å². The molecule has 3 heterocycles. The smallest absolute Gasteiger partial charge is 0.152 e. The first-order valence-electron chi connectivity index (χ1n) is 12.2. The number of nitrogen functional groups attached to an aromatic ring is 1. The zero-order valence-corrected chi connectivity index (χ0v) is 20.7. The van der Waals surface area contributed by atoms with E-state index in [2.05, 4.69) is 31.1 Å². The summed E-state index contributed by atoms with van der Waals surface area (Å²) in [5.41, 5.74) is 11.4. The van der Waals surface area contributed by atoms with Gasteiger partial charge >= 0.3 is 0 Å². The normalized spacial score (nSPS) is 15.4. The molecule has 2 aromatic heterocycles. The van der Waals surface area contributed by atoms with E-state index in [-0.39, 0.29) is 11.6 Å². The molecule has 1 aliphatic heterocycles. The van der Waals surface area contributed by atoms with Gasteiger partial charge in [-0.15, -0.1) is 0 Å². The van der Waals surface area contributed by atoms with Gasteiger partial charge in [-0.1, -0.05) is 6.07 Å². The quantitative estimate of drug-likeness (QED) is 0.467. The summed E-state index contributed by atoms with van der Waals surface area (Å²) in [6.45, 7) is 8.98. The van der Waals surface area contributed by atoms with Crippen LogP contribution in [0.25, 0.3) is 0 Å². The van der Waals surface area contributed by atoms with E-state index in [0.717, 1.165) is 55.8 Å². The molecule has 8 heteroatoms. The first-order chi connectivity index (χ1) is 17.0. The molecule has 0 unspecified atom stereocenters. The van der Waals surface area contributed by atoms with Gasteiger partial charge in [-0.2, -0.15) is 10.2 Å². The summed E-state index contributed by atoms with van der Waals surface area (Å²) in [6, 6.07) is 10.7. The highest BCUT2D eigenvalue weighted by molar-refractivity contribution is 6.05. The molecule has 0 bridgehead atoms. The molecule has 7 nitrogen and oxygen atoms in total. The number of aromatic nitrogens is 3. The largest absolute Gasteiger partial charge is 0.494 e. The fraction of sp³-hybridized carbons (Fsp3) is 0.407. The molecule has 0 radical (unpaired) electrons. The summed E-state index contributed by atoms with van der Waals surface area (Å²) in [4.78, 5) is 11.4. The maximum Gasteiger partial charge on any atom is 0.152 e. The number of aryl methyl sites for hydroxylation is 1. The Morgan fingerprint density at radius 2 is 2.00 bits per heavy atom. The number of hydrogen-bond acceptors (Lipinski definition) is 7. The van der Waals surface area contributed by atoms with Crippen molar-refractivity contribution in [2.24, 2.45) is 4.99 Å². The van der Waals surface area contributed by atoms with Crippen LogP contribution < -0.4 is 10.5 Å². The van der Waals surface area contributed by atoms with Crippen molar-refractivity contribution in [3.8, 4) is 5.75 Å². The van der Waals surface area contributed by atoms with Crippen LogP contribution in [0.1, 0.15) is 55.3 Å². The highest BCUT2D eigenvalue weighted by Crippen LogP contribution is 2.33. The van der Waals surface area contributed by atoms with Crippen molar-refractivity contribution in [3.05, 3.63) is 71.1 Å². The summed E-state index contributed by atoms with van der Waals surface area (Å²) in [5.74, 6) is 0.284. The van der Waals surface area contributed by atoms with Gasteiger partial charge < -0.3 is 15.4 Å². The zero-order valence-electron chi connectivity index (χ0n) is 20.7. The lowest BCUT2D eigenvalue weighted by Crippen LogP contribution is -2.35. The number of aliphatic imine (C=N–C) groups is 1. The minimum atomic E-state index is -0.438. The van der Waals surface area contributed by atoms with Crippen molar-refractivity contribution in [3.63, 3.8) is 0 Å². The van der Waals surface area contributed by atoms with Crippen LogP contribution in [0.3, 0.4) is 0 Å². The van der Waals surface area contributed by atoms with Gasteiger partial charge in [-0.05, 0) is 71.0 Å². The van der Waals surface area contributed by atoms with Gasteiger partial charge in [-0.25, -0.2) is 9.38 Å². The molecule has 35 heavy (non-hydrogen) atoms. The maximum atomic E-state index is 14.6. The van der Waals surface area contributed by atoms with Gasteiger partial charge in [0, 0.05) is 48.1 Å². The van der Waals surface area contributed by atoms with E-state index in [1.807, 2.05) is 39.1 Å². The lowest BCUT2D eigenvalue weighted by molar-refractivity contribution is 0.212. The molecule has 0 saturated carbocycles. The monoisotopic (exact) mass is 476 g/mol. The van der Waals surface area contributed by atoms with Crippen molar-refractivity contribution in [2.45, 2.75) is 46.0 Å².